The monoisotopic (exact) mass is 540 g/mol. The van der Waals surface area contributed by atoms with Gasteiger partial charge in [0.1, 0.15) is 24.5 Å². The Hall–Kier alpha value is -3.28. The van der Waals surface area contributed by atoms with E-state index in [9.17, 15) is 9.59 Å². The molecule has 0 aromatic heterocycles. The van der Waals surface area contributed by atoms with Crippen LogP contribution >= 0.6 is 11.6 Å². The minimum atomic E-state index is -0.451. The molecule has 2 aromatic carbocycles. The highest BCUT2D eigenvalue weighted by atomic mass is 35.5. The van der Waals surface area contributed by atoms with Gasteiger partial charge in [0, 0.05) is 47.3 Å². The van der Waals surface area contributed by atoms with Gasteiger partial charge in [-0.25, -0.2) is 0 Å². The highest BCUT2D eigenvalue weighted by Gasteiger charge is 2.64. The number of carbonyl (C=O) groups is 2. The highest BCUT2D eigenvalue weighted by molar-refractivity contribution is 6.31. The fourth-order valence-corrected chi connectivity index (χ4v) is 5.67. The second-order valence-corrected chi connectivity index (χ2v) is 11.3. The fourth-order valence-electron chi connectivity index (χ4n) is 5.46. The number of anilines is 1. The number of nitrogens with zero attached hydrogens (tertiary/aromatic N) is 1. The van der Waals surface area contributed by atoms with Crippen LogP contribution in [-0.2, 0) is 9.53 Å². The first-order valence-corrected chi connectivity index (χ1v) is 13.2. The number of ether oxygens (including phenoxy) is 2. The normalized spacial score (nSPS) is 19.1. The van der Waals surface area contributed by atoms with Crippen LogP contribution in [0.5, 0.6) is 5.75 Å². The molecular formula is C29H37ClN4O4. The molecule has 0 unspecified atom stereocenters. The third kappa shape index (κ3) is 6.97. The van der Waals surface area contributed by atoms with Crippen LogP contribution in [0.2, 0.25) is 5.02 Å². The summed E-state index contributed by atoms with van der Waals surface area (Å²) in [6.07, 6.45) is 2.65. The van der Waals surface area contributed by atoms with E-state index in [0.29, 0.717) is 28.5 Å². The van der Waals surface area contributed by atoms with E-state index < -0.39 is 5.91 Å². The number of amides is 2. The molecule has 0 spiro atoms. The third-order valence-electron chi connectivity index (χ3n) is 7.12. The van der Waals surface area contributed by atoms with Crippen molar-refractivity contribution >= 4 is 29.1 Å². The lowest BCUT2D eigenvalue weighted by Gasteiger charge is -2.63. The van der Waals surface area contributed by atoms with E-state index in [2.05, 4.69) is 44.4 Å². The zero-order valence-corrected chi connectivity index (χ0v) is 23.2. The van der Waals surface area contributed by atoms with Crippen LogP contribution in [-0.4, -0.2) is 43.7 Å². The second kappa shape index (κ2) is 12.5. The van der Waals surface area contributed by atoms with Crippen molar-refractivity contribution in [1.82, 2.24) is 5.32 Å². The first-order valence-electron chi connectivity index (χ1n) is 12.8. The van der Waals surface area contributed by atoms with Gasteiger partial charge in [0.15, 0.2) is 0 Å². The van der Waals surface area contributed by atoms with Crippen LogP contribution in [0.3, 0.4) is 0 Å². The molecule has 0 bridgehead atoms. The molecule has 0 radical (unpaired) electrons. The van der Waals surface area contributed by atoms with Crippen LogP contribution in [0.1, 0.15) is 62.9 Å². The summed E-state index contributed by atoms with van der Waals surface area (Å²) >= 11 is 6.18. The summed E-state index contributed by atoms with van der Waals surface area (Å²) in [5.41, 5.74) is 6.33. The molecule has 2 amide bonds. The Bertz CT molecular complexity index is 1160. The fraction of sp³-hybridized carbons (Fsp3) is 0.483. The van der Waals surface area contributed by atoms with Crippen LogP contribution < -0.4 is 21.1 Å². The molecule has 0 saturated heterocycles. The van der Waals surface area contributed by atoms with Gasteiger partial charge in [0.05, 0.1) is 10.6 Å². The van der Waals surface area contributed by atoms with Crippen molar-refractivity contribution < 1.29 is 19.1 Å². The lowest BCUT2D eigenvalue weighted by atomic mass is 9.49. The molecule has 2 aromatic rings. The van der Waals surface area contributed by atoms with Gasteiger partial charge in [-0.15, -0.1) is 0 Å². The molecule has 3 rings (SSSR count). The predicted octanol–water partition coefficient (Wildman–Crippen LogP) is 4.91. The number of nitrogens with one attached hydrogen (secondary N) is 2. The molecular weight excluding hydrogens is 504 g/mol. The summed E-state index contributed by atoms with van der Waals surface area (Å²) in [6.45, 7) is 9.61. The average molecular weight is 541 g/mol. The van der Waals surface area contributed by atoms with Gasteiger partial charge in [0.2, 0.25) is 5.91 Å². The van der Waals surface area contributed by atoms with E-state index in [4.69, 9.17) is 32.1 Å². The molecule has 1 saturated carbocycles. The number of primary amides is 1. The summed E-state index contributed by atoms with van der Waals surface area (Å²) in [4.78, 5) is 23.7. The zero-order valence-electron chi connectivity index (χ0n) is 22.5. The van der Waals surface area contributed by atoms with Gasteiger partial charge in [-0.05, 0) is 55.7 Å². The van der Waals surface area contributed by atoms with E-state index in [1.807, 2.05) is 24.3 Å². The highest BCUT2D eigenvalue weighted by Crippen LogP contribution is 2.55. The topological polar surface area (TPSA) is 126 Å². The molecule has 8 nitrogen and oxygen atoms in total. The molecule has 1 fully saturated rings. The molecule has 4 N–H and O–H groups in total. The van der Waals surface area contributed by atoms with Crippen molar-refractivity contribution in [3.63, 3.8) is 0 Å². The summed E-state index contributed by atoms with van der Waals surface area (Å²) in [7, 11) is 0. The molecule has 204 valence electrons. The number of nitriles is 1. The third-order valence-corrected chi connectivity index (χ3v) is 7.43. The van der Waals surface area contributed by atoms with Crippen molar-refractivity contribution in [2.24, 2.45) is 16.6 Å². The van der Waals surface area contributed by atoms with E-state index in [-0.39, 0.29) is 35.5 Å². The molecule has 1 aliphatic rings. The summed E-state index contributed by atoms with van der Waals surface area (Å²) in [5, 5.41) is 16.0. The van der Waals surface area contributed by atoms with E-state index in [0.717, 1.165) is 31.5 Å². The second-order valence-electron chi connectivity index (χ2n) is 10.9. The Morgan fingerprint density at radius 1 is 1.05 bits per heavy atom. The maximum absolute atomic E-state index is 13.1. The average Bonchev–Trinajstić information content (AvgIpc) is 2.87. The van der Waals surface area contributed by atoms with Gasteiger partial charge >= 0.3 is 0 Å². The number of benzene rings is 2. The molecule has 0 atom stereocenters. The number of rotatable bonds is 13. The van der Waals surface area contributed by atoms with E-state index in [1.165, 1.54) is 0 Å². The van der Waals surface area contributed by atoms with E-state index >= 15 is 0 Å². The standard InChI is InChI=1S/C29H37ClN4O4/c1-28(2)26(29(3,4)27(28)38-22-13-10-20(17-31)23(30)16-22)34-25(36)19-8-11-21(12-9-19)33-14-6-5-7-15-37-18-24(32)35/h8-13,16,26-27,33H,5-7,14-15,18H2,1-4H3,(H2,32,35)(H,34,36). The van der Waals surface area contributed by atoms with Crippen LogP contribution in [0.25, 0.3) is 0 Å². The van der Waals surface area contributed by atoms with Crippen molar-refractivity contribution in [2.75, 3.05) is 25.1 Å². The number of hydrogen-bond acceptors (Lipinski definition) is 6. The molecule has 0 aliphatic heterocycles. The number of unbranched alkanes of at least 4 members (excludes halogenated alkanes) is 2. The van der Waals surface area contributed by atoms with Gasteiger partial charge in [-0.3, -0.25) is 9.59 Å². The van der Waals surface area contributed by atoms with E-state index in [1.54, 1.807) is 18.2 Å². The minimum absolute atomic E-state index is 0.0315. The summed E-state index contributed by atoms with van der Waals surface area (Å²) in [5.74, 6) is 0.0236. The number of halogens is 1. The Morgan fingerprint density at radius 2 is 1.74 bits per heavy atom. The SMILES string of the molecule is CC1(C)C(NC(=O)c2ccc(NCCCCCOCC(N)=O)cc2)C(C)(C)C1Oc1ccc(C#N)c(Cl)c1. The van der Waals surface area contributed by atoms with Gasteiger partial charge in [0.25, 0.3) is 5.91 Å². The van der Waals surface area contributed by atoms with Crippen LogP contribution in [0.15, 0.2) is 42.5 Å². The molecule has 0 heterocycles. The Balaban J connectivity index is 1.49. The van der Waals surface area contributed by atoms with Crippen molar-refractivity contribution in [2.45, 2.75) is 59.1 Å². The Kier molecular flexibility index (Phi) is 9.64. The smallest absolute Gasteiger partial charge is 0.251 e. The van der Waals surface area contributed by atoms with Gasteiger partial charge in [-0.2, -0.15) is 5.26 Å². The zero-order chi connectivity index (χ0) is 27.9. The van der Waals surface area contributed by atoms with Crippen molar-refractivity contribution in [1.29, 1.82) is 5.26 Å². The Labute approximate surface area is 229 Å². The van der Waals surface area contributed by atoms with Crippen molar-refractivity contribution in [3.8, 4) is 11.8 Å². The molecule has 9 heteroatoms. The van der Waals surface area contributed by atoms with Crippen LogP contribution in [0.4, 0.5) is 5.69 Å². The number of nitrogens with two attached hydrogens (primary N) is 1. The lowest BCUT2D eigenvalue weighted by molar-refractivity contribution is -0.164. The number of hydrogen-bond donors (Lipinski definition) is 3. The predicted molar refractivity (Wildman–Crippen MR) is 148 cm³/mol. The summed E-state index contributed by atoms with van der Waals surface area (Å²) in [6, 6.07) is 14.5. The van der Waals surface area contributed by atoms with Gasteiger partial charge < -0.3 is 25.8 Å². The molecule has 38 heavy (non-hydrogen) atoms. The van der Waals surface area contributed by atoms with Crippen molar-refractivity contribution in [3.05, 3.63) is 58.6 Å². The largest absolute Gasteiger partial charge is 0.489 e. The first kappa shape index (κ1) is 29.3. The maximum Gasteiger partial charge on any atom is 0.251 e. The lowest BCUT2D eigenvalue weighted by Crippen LogP contribution is -2.74. The summed E-state index contributed by atoms with van der Waals surface area (Å²) < 4.78 is 11.5. The first-order chi connectivity index (χ1) is 18.0. The van der Waals surface area contributed by atoms with Crippen LogP contribution in [0, 0.1) is 22.2 Å². The maximum atomic E-state index is 13.1. The number of carbonyl (C=O) groups excluding carboxylic acids is 2. The molecule has 1 aliphatic carbocycles. The van der Waals surface area contributed by atoms with Gasteiger partial charge in [-0.1, -0.05) is 39.3 Å². The Morgan fingerprint density at radius 3 is 2.34 bits per heavy atom. The minimum Gasteiger partial charge on any atom is -0.489 e. The quantitative estimate of drug-likeness (QED) is 0.310.